The summed E-state index contributed by atoms with van der Waals surface area (Å²) in [5.74, 6) is 0. The zero-order chi connectivity index (χ0) is 0. The van der Waals surface area contributed by atoms with Gasteiger partial charge in [0.2, 0.25) is 0 Å². The Bertz CT molecular complexity index is 6.42. The second kappa shape index (κ2) is 292. The summed E-state index contributed by atoms with van der Waals surface area (Å²) in [7, 11) is 0. The fourth-order valence-corrected chi connectivity index (χ4v) is 0. The third-order valence-electron chi connectivity index (χ3n) is 0. The maximum Gasteiger partial charge on any atom is 0 e. The molecule has 190 valence electrons. The van der Waals surface area contributed by atoms with Crippen molar-refractivity contribution in [3.05, 3.63) is 0 Å². The Morgan fingerprint density at radius 3 is 0.0625 bits per heavy atom. The molecular weight excluding hydrogens is 5940 g/mol. The summed E-state index contributed by atoms with van der Waals surface area (Å²) in [4.78, 5) is 0. The topological polar surface area (TPSA) is 0 Å². The molecule has 0 aliphatic rings. The van der Waals surface area contributed by atoms with Crippen LogP contribution < -0.4 is 0 Å². The van der Waals surface area contributed by atoms with E-state index < -0.39 is 0 Å². The van der Waals surface area contributed by atoms with Crippen LogP contribution in [-0.4, -0.2) is 0 Å². The van der Waals surface area contributed by atoms with E-state index in [4.69, 9.17) is 0 Å². The van der Waals surface area contributed by atoms with Crippen LogP contribution in [0.15, 0.2) is 0 Å². The van der Waals surface area contributed by atoms with E-state index in [9.17, 15) is 0 Å². The Kier molecular flexibility index (Phi) is 2830. The van der Waals surface area contributed by atoms with Crippen LogP contribution in [0, 0.1) is 31.1 Å². The Morgan fingerprint density at radius 2 is 0.0625 bits per heavy atom. The summed E-state index contributed by atoms with van der Waals surface area (Å²) in [6, 6.07) is 0. The Hall–Kier alpha value is 22.4. The SMILES string of the molecule is [U].[W].[W].[W].[W].[W].[W].[W].[W].[W].[W].[W].[W].[W].[W].[W].[W].[W].[W].[W].[W].[W].[W].[W].[W].[W].[W].[W].[W].[W].[W].[W]. The van der Waals surface area contributed by atoms with Crippen molar-refractivity contribution >= 4 is 0 Å². The van der Waals surface area contributed by atoms with E-state index >= 15 is 0 Å². The van der Waals surface area contributed by atoms with E-state index in [1.165, 1.54) is 0 Å². The van der Waals surface area contributed by atoms with Gasteiger partial charge < -0.3 is 0 Å². The number of hydrogen-bond acceptors (Lipinski definition) is 0. The van der Waals surface area contributed by atoms with Gasteiger partial charge in [-0.1, -0.05) is 0 Å². The van der Waals surface area contributed by atoms with Gasteiger partial charge in [0.25, 0.3) is 0 Å². The molecular formula is UW31. The molecule has 0 atom stereocenters. The Morgan fingerprint density at radius 1 is 0.0625 bits per heavy atom. The largest absolute Gasteiger partial charge is 0 e. The molecule has 0 unspecified atom stereocenters. The van der Waals surface area contributed by atoms with E-state index in [1.54, 1.807) is 0 Å². The van der Waals surface area contributed by atoms with Gasteiger partial charge in [0.05, 0.1) is 0 Å². The summed E-state index contributed by atoms with van der Waals surface area (Å²) in [5.41, 5.74) is 0. The van der Waals surface area contributed by atoms with Gasteiger partial charge in [-0.15, -0.1) is 0 Å². The van der Waals surface area contributed by atoms with Gasteiger partial charge >= 0.3 is 0 Å². The van der Waals surface area contributed by atoms with Crippen LogP contribution in [-0.2, 0) is 653 Å². The zero-order valence-corrected chi connectivity index (χ0v) is 108. The van der Waals surface area contributed by atoms with Crippen molar-refractivity contribution in [3.8, 4) is 0 Å². The minimum Gasteiger partial charge on any atom is 0 e. The van der Waals surface area contributed by atoms with E-state index in [-0.39, 0.29) is 684 Å². The number of rotatable bonds is 0. The number of hydrogen-bond donors (Lipinski definition) is 0. The predicted octanol–water partition coefficient (Wildman–Crippen LogP) is -0.0775. The Labute approximate surface area is 663 Å². The molecule has 0 radical (unpaired) electrons. The molecule has 0 fully saturated rings. The maximum absolute atomic E-state index is 0. The fourth-order valence-electron chi connectivity index (χ4n) is 0. The summed E-state index contributed by atoms with van der Waals surface area (Å²) >= 11 is 0. The molecule has 0 aromatic carbocycles. The van der Waals surface area contributed by atoms with Crippen LogP contribution in [0.25, 0.3) is 0 Å². The standard InChI is InChI=1S/U.31W. The molecule has 0 N–H and O–H groups in total. The van der Waals surface area contributed by atoms with Crippen molar-refractivity contribution in [2.45, 2.75) is 0 Å². The molecule has 0 aromatic heterocycles. The molecule has 0 saturated heterocycles. The van der Waals surface area contributed by atoms with Gasteiger partial charge in [-0.05, 0) is 0 Å². The molecule has 0 aromatic rings. The molecule has 0 heterocycles. The maximum atomic E-state index is 0. The molecule has 0 nitrogen and oxygen atoms in total. The average Bonchev–Trinajstić information content (AvgIpc) is 0. The average molecular weight is 5940 g/mol. The van der Waals surface area contributed by atoms with Crippen LogP contribution in [0.4, 0.5) is 0 Å². The van der Waals surface area contributed by atoms with Crippen molar-refractivity contribution in [1.29, 1.82) is 0 Å². The zero-order valence-electron chi connectivity index (χ0n) is 13.2. The van der Waals surface area contributed by atoms with Crippen LogP contribution in [0.1, 0.15) is 0 Å². The smallest absolute Gasteiger partial charge is 0 e. The molecule has 0 spiro atoms. The molecule has 0 rings (SSSR count). The van der Waals surface area contributed by atoms with Crippen molar-refractivity contribution in [1.82, 2.24) is 0 Å². The quantitative estimate of drug-likeness (QED) is 0.319. The molecule has 0 bridgehead atoms. The third-order valence-corrected chi connectivity index (χ3v) is 0. The van der Waals surface area contributed by atoms with Gasteiger partial charge in [-0.25, -0.2) is 0 Å². The summed E-state index contributed by atoms with van der Waals surface area (Å²) in [6.07, 6.45) is 0. The molecule has 0 saturated carbocycles. The first-order valence-electron chi connectivity index (χ1n) is 0. The van der Waals surface area contributed by atoms with Crippen molar-refractivity contribution in [2.75, 3.05) is 0 Å². The second-order valence-electron chi connectivity index (χ2n) is 0. The molecule has 32 heteroatoms. The van der Waals surface area contributed by atoms with Crippen LogP contribution in [0.2, 0.25) is 0 Å². The molecule has 0 aliphatic carbocycles. The van der Waals surface area contributed by atoms with Crippen LogP contribution in [0.5, 0.6) is 0 Å². The summed E-state index contributed by atoms with van der Waals surface area (Å²) in [6.45, 7) is 0. The van der Waals surface area contributed by atoms with Crippen LogP contribution >= 0.6 is 0 Å². The van der Waals surface area contributed by atoms with E-state index in [1.807, 2.05) is 0 Å². The van der Waals surface area contributed by atoms with Gasteiger partial charge in [0.15, 0.2) is 0 Å². The van der Waals surface area contributed by atoms with Crippen molar-refractivity contribution in [2.24, 2.45) is 0 Å². The van der Waals surface area contributed by atoms with E-state index in [2.05, 4.69) is 0 Å². The summed E-state index contributed by atoms with van der Waals surface area (Å²) < 4.78 is 0. The van der Waals surface area contributed by atoms with Crippen molar-refractivity contribution < 1.29 is 684 Å². The monoisotopic (exact) mass is 5940 g/mol. The van der Waals surface area contributed by atoms with Gasteiger partial charge in [0.1, 0.15) is 0 Å². The van der Waals surface area contributed by atoms with Gasteiger partial charge in [-0.2, -0.15) is 0 Å². The van der Waals surface area contributed by atoms with E-state index in [0.717, 1.165) is 0 Å². The van der Waals surface area contributed by atoms with Crippen LogP contribution in [0.3, 0.4) is 0 Å². The van der Waals surface area contributed by atoms with Gasteiger partial charge in [-0.3, -0.25) is 0 Å². The predicted molar refractivity (Wildman–Crippen MR) is 0 cm³/mol. The van der Waals surface area contributed by atoms with E-state index in [0.29, 0.717) is 0 Å². The van der Waals surface area contributed by atoms with Gasteiger partial charge in [0, 0.05) is 684 Å². The Balaban J connectivity index is 0. The molecule has 0 aliphatic heterocycles. The first kappa shape index (κ1) is 309. The fraction of sp³-hybridized carbons (Fsp3) is 0. The normalized spacial score (nSPS) is 0. The molecule has 32 heavy (non-hydrogen) atoms. The third kappa shape index (κ3) is 276. The first-order chi connectivity index (χ1) is 0. The minimum absolute atomic E-state index is 0. The second-order valence-corrected chi connectivity index (χ2v) is 0. The van der Waals surface area contributed by atoms with Crippen molar-refractivity contribution in [3.63, 3.8) is 0 Å². The first-order valence-corrected chi connectivity index (χ1v) is 0. The molecule has 0 amide bonds. The minimum atomic E-state index is 0. The summed E-state index contributed by atoms with van der Waals surface area (Å²) in [5, 5.41) is 0.